The van der Waals surface area contributed by atoms with E-state index >= 15 is 0 Å². The van der Waals surface area contributed by atoms with E-state index in [4.69, 9.17) is 0 Å². The summed E-state index contributed by atoms with van der Waals surface area (Å²) in [6.07, 6.45) is 14.7. The first-order valence-electron chi connectivity index (χ1n) is 8.16. The van der Waals surface area contributed by atoms with Crippen molar-refractivity contribution in [3.8, 4) is 0 Å². The summed E-state index contributed by atoms with van der Waals surface area (Å²) in [6, 6.07) is 0. The molecule has 98 valence electrons. The first kappa shape index (κ1) is 11.3. The van der Waals surface area contributed by atoms with Crippen LogP contribution >= 0.6 is 0 Å². The number of allylic oxidation sites excluding steroid dienone is 3. The monoisotopic (exact) mass is 242 g/mol. The van der Waals surface area contributed by atoms with Gasteiger partial charge in [0.25, 0.3) is 0 Å². The summed E-state index contributed by atoms with van der Waals surface area (Å²) in [5.74, 6) is 7.93. The Morgan fingerprint density at radius 2 is 1.83 bits per heavy atom. The van der Waals surface area contributed by atoms with E-state index in [-0.39, 0.29) is 0 Å². The molecule has 0 aromatic rings. The molecular weight excluding hydrogens is 216 g/mol. The van der Waals surface area contributed by atoms with Gasteiger partial charge in [0.1, 0.15) is 0 Å². The molecule has 0 aliphatic heterocycles. The predicted molar refractivity (Wildman–Crippen MR) is 76.0 cm³/mol. The maximum atomic E-state index is 4.18. The lowest BCUT2D eigenvalue weighted by molar-refractivity contribution is 0.105. The maximum absolute atomic E-state index is 4.18. The third kappa shape index (κ3) is 1.27. The van der Waals surface area contributed by atoms with Gasteiger partial charge >= 0.3 is 0 Å². The van der Waals surface area contributed by atoms with E-state index in [1.165, 1.54) is 32.1 Å². The van der Waals surface area contributed by atoms with E-state index in [0.29, 0.717) is 0 Å². The van der Waals surface area contributed by atoms with Crippen molar-refractivity contribution in [2.24, 2.45) is 47.3 Å². The molecule has 18 heavy (non-hydrogen) atoms. The molecular formula is C18H26. The highest BCUT2D eigenvalue weighted by Crippen LogP contribution is 2.69. The van der Waals surface area contributed by atoms with Gasteiger partial charge in [0.15, 0.2) is 0 Å². The Labute approximate surface area is 112 Å². The molecule has 0 aromatic carbocycles. The zero-order valence-corrected chi connectivity index (χ0v) is 11.6. The Hall–Kier alpha value is -0.520. The number of hydrogen-bond donors (Lipinski definition) is 0. The van der Waals surface area contributed by atoms with Gasteiger partial charge < -0.3 is 0 Å². The van der Waals surface area contributed by atoms with Gasteiger partial charge in [0.2, 0.25) is 0 Å². The zero-order chi connectivity index (χ0) is 12.3. The molecule has 0 saturated heterocycles. The van der Waals surface area contributed by atoms with Crippen molar-refractivity contribution in [1.82, 2.24) is 0 Å². The maximum Gasteiger partial charge on any atom is -0.0174 e. The molecule has 8 atom stereocenters. The molecule has 0 radical (unpaired) electrons. The van der Waals surface area contributed by atoms with Crippen LogP contribution in [-0.4, -0.2) is 0 Å². The lowest BCUT2D eigenvalue weighted by Gasteiger charge is -2.41. The smallest absolute Gasteiger partial charge is 0.0174 e. The molecule has 4 aliphatic carbocycles. The fraction of sp³-hybridized carbons (Fsp3) is 0.778. The van der Waals surface area contributed by atoms with Crippen LogP contribution in [0.15, 0.2) is 24.8 Å². The summed E-state index contributed by atoms with van der Waals surface area (Å²) in [4.78, 5) is 0. The standard InChI is InChI=1S/C18H26/c1-3-5-6-14-13(4-2)15-10-16(14)18-12-8-7-11(9-12)17(15)18/h4,7-8,11-18H,2-3,5-6,9-10H2,1H3. The first-order valence-corrected chi connectivity index (χ1v) is 8.16. The van der Waals surface area contributed by atoms with Crippen molar-refractivity contribution in [1.29, 1.82) is 0 Å². The second-order valence-electron chi connectivity index (χ2n) is 7.29. The van der Waals surface area contributed by atoms with Crippen LogP contribution in [0.4, 0.5) is 0 Å². The Balaban J connectivity index is 1.62. The summed E-state index contributed by atoms with van der Waals surface area (Å²) in [5.41, 5.74) is 0. The van der Waals surface area contributed by atoms with E-state index in [9.17, 15) is 0 Å². The zero-order valence-electron chi connectivity index (χ0n) is 11.6. The highest BCUT2D eigenvalue weighted by atomic mass is 14.7. The average Bonchev–Trinajstić information content (AvgIpc) is 3.11. The van der Waals surface area contributed by atoms with Gasteiger partial charge in [-0.2, -0.15) is 0 Å². The van der Waals surface area contributed by atoms with Gasteiger partial charge in [-0.3, -0.25) is 0 Å². The summed E-state index contributed by atoms with van der Waals surface area (Å²) in [7, 11) is 0. The lowest BCUT2D eigenvalue weighted by Crippen LogP contribution is -2.36. The molecule has 8 unspecified atom stereocenters. The minimum atomic E-state index is 0.857. The summed E-state index contributed by atoms with van der Waals surface area (Å²) >= 11 is 0. The molecule has 0 spiro atoms. The molecule has 0 N–H and O–H groups in total. The molecule has 0 aromatic heterocycles. The molecule has 4 bridgehead atoms. The van der Waals surface area contributed by atoms with Gasteiger partial charge in [0, 0.05) is 0 Å². The van der Waals surface area contributed by atoms with Crippen LogP contribution in [-0.2, 0) is 0 Å². The van der Waals surface area contributed by atoms with Gasteiger partial charge in [-0.15, -0.1) is 6.58 Å². The van der Waals surface area contributed by atoms with Crippen molar-refractivity contribution in [2.75, 3.05) is 0 Å². The minimum Gasteiger partial charge on any atom is -0.103 e. The quantitative estimate of drug-likeness (QED) is 0.496. The first-order chi connectivity index (χ1) is 8.85. The van der Waals surface area contributed by atoms with Gasteiger partial charge in [-0.25, -0.2) is 0 Å². The third-order valence-corrected chi connectivity index (χ3v) is 6.82. The minimum absolute atomic E-state index is 0.857. The van der Waals surface area contributed by atoms with E-state index in [1.54, 1.807) is 0 Å². The molecule has 0 heterocycles. The van der Waals surface area contributed by atoms with E-state index in [0.717, 1.165) is 47.3 Å². The van der Waals surface area contributed by atoms with Crippen LogP contribution in [0.1, 0.15) is 39.0 Å². The fourth-order valence-electron chi connectivity index (χ4n) is 6.41. The summed E-state index contributed by atoms with van der Waals surface area (Å²) < 4.78 is 0. The third-order valence-electron chi connectivity index (χ3n) is 6.82. The van der Waals surface area contributed by atoms with E-state index in [1.807, 2.05) is 0 Å². The van der Waals surface area contributed by atoms with Crippen molar-refractivity contribution >= 4 is 0 Å². The van der Waals surface area contributed by atoms with Crippen LogP contribution in [0.5, 0.6) is 0 Å². The largest absolute Gasteiger partial charge is 0.103 e. The van der Waals surface area contributed by atoms with E-state index in [2.05, 4.69) is 31.7 Å². The van der Waals surface area contributed by atoms with Crippen molar-refractivity contribution in [3.63, 3.8) is 0 Å². The van der Waals surface area contributed by atoms with Gasteiger partial charge in [0.05, 0.1) is 0 Å². The Kier molecular flexibility index (Phi) is 2.51. The number of hydrogen-bond acceptors (Lipinski definition) is 0. The molecule has 0 nitrogen and oxygen atoms in total. The van der Waals surface area contributed by atoms with Crippen LogP contribution in [0.2, 0.25) is 0 Å². The van der Waals surface area contributed by atoms with Gasteiger partial charge in [-0.1, -0.05) is 38.0 Å². The summed E-state index contributed by atoms with van der Waals surface area (Å²) in [6.45, 7) is 6.51. The highest BCUT2D eigenvalue weighted by Gasteiger charge is 2.63. The van der Waals surface area contributed by atoms with E-state index < -0.39 is 0 Å². The summed E-state index contributed by atoms with van der Waals surface area (Å²) in [5, 5.41) is 0. The fourth-order valence-corrected chi connectivity index (χ4v) is 6.41. The van der Waals surface area contributed by atoms with Crippen LogP contribution < -0.4 is 0 Å². The van der Waals surface area contributed by atoms with Gasteiger partial charge in [-0.05, 0) is 66.6 Å². The highest BCUT2D eigenvalue weighted by molar-refractivity contribution is 5.23. The molecule has 4 rings (SSSR count). The Morgan fingerprint density at radius 3 is 2.50 bits per heavy atom. The number of rotatable bonds is 4. The molecule has 3 saturated carbocycles. The number of fused-ring (bicyclic) bond motifs is 9. The Bertz CT molecular complexity index is 379. The Morgan fingerprint density at radius 1 is 1.11 bits per heavy atom. The molecule has 4 aliphatic rings. The van der Waals surface area contributed by atoms with Crippen LogP contribution in [0.3, 0.4) is 0 Å². The second kappa shape index (κ2) is 3.99. The average molecular weight is 242 g/mol. The molecule has 0 heteroatoms. The molecule has 0 amide bonds. The van der Waals surface area contributed by atoms with Crippen molar-refractivity contribution < 1.29 is 0 Å². The van der Waals surface area contributed by atoms with Crippen LogP contribution in [0, 0.1) is 47.3 Å². The van der Waals surface area contributed by atoms with Crippen molar-refractivity contribution in [3.05, 3.63) is 24.8 Å². The molecule has 3 fully saturated rings. The normalized spacial score (nSPS) is 55.2. The predicted octanol–water partition coefficient (Wildman–Crippen LogP) is 4.68. The topological polar surface area (TPSA) is 0 Å². The van der Waals surface area contributed by atoms with Crippen LogP contribution in [0.25, 0.3) is 0 Å². The lowest BCUT2D eigenvalue weighted by atomic mass is 9.64. The van der Waals surface area contributed by atoms with Crippen molar-refractivity contribution in [2.45, 2.75) is 39.0 Å². The second-order valence-corrected chi connectivity index (χ2v) is 7.29. The SMILES string of the molecule is C=CC1C(CCCC)C2CC1C1C3C=CC(C3)C21. The number of unbranched alkanes of at least 4 members (excludes halogenated alkanes) is 1.